The van der Waals surface area contributed by atoms with Crippen LogP contribution >= 0.6 is 0 Å². The number of hydrogen-bond acceptors (Lipinski definition) is 3. The number of aliphatic carboxylic acids is 1. The molecule has 0 bridgehead atoms. The van der Waals surface area contributed by atoms with E-state index in [1.54, 1.807) is 6.92 Å². The summed E-state index contributed by atoms with van der Waals surface area (Å²) in [5.74, 6) is -1.16. The molecule has 0 aliphatic carbocycles. The number of carbonyl (C=O) groups excluding carboxylic acids is 1. The van der Waals surface area contributed by atoms with E-state index in [1.165, 1.54) is 0 Å². The highest BCUT2D eigenvalue weighted by Gasteiger charge is 2.23. The first-order chi connectivity index (χ1) is 7.88. The van der Waals surface area contributed by atoms with Crippen molar-refractivity contribution >= 4 is 11.9 Å². The van der Waals surface area contributed by atoms with Gasteiger partial charge in [0.15, 0.2) is 0 Å². The van der Waals surface area contributed by atoms with Crippen molar-refractivity contribution in [2.24, 2.45) is 11.8 Å². The summed E-state index contributed by atoms with van der Waals surface area (Å²) in [6.45, 7) is 8.98. The first-order valence-electron chi connectivity index (χ1n) is 6.12. The second-order valence-corrected chi connectivity index (χ2v) is 4.74. The maximum absolute atomic E-state index is 11.7. The lowest BCUT2D eigenvalue weighted by Crippen LogP contribution is -2.45. The molecule has 0 aliphatic heterocycles. The molecule has 0 aromatic rings. The van der Waals surface area contributed by atoms with Crippen LogP contribution in [0.25, 0.3) is 0 Å². The summed E-state index contributed by atoms with van der Waals surface area (Å²) in [6.07, 6.45) is 0.453. The molecule has 0 spiro atoms. The van der Waals surface area contributed by atoms with Gasteiger partial charge in [0.05, 0.1) is 0 Å². The molecular weight excluding hydrogens is 220 g/mol. The molecular formula is C12H24N2O3. The second kappa shape index (κ2) is 8.06. The molecule has 3 N–H and O–H groups in total. The van der Waals surface area contributed by atoms with Gasteiger partial charge in [-0.2, -0.15) is 0 Å². The van der Waals surface area contributed by atoms with Crippen LogP contribution in [0.3, 0.4) is 0 Å². The predicted molar refractivity (Wildman–Crippen MR) is 66.7 cm³/mol. The van der Waals surface area contributed by atoms with Crippen molar-refractivity contribution in [2.75, 3.05) is 13.1 Å². The fourth-order valence-electron chi connectivity index (χ4n) is 1.46. The molecule has 0 radical (unpaired) electrons. The van der Waals surface area contributed by atoms with E-state index in [-0.39, 0.29) is 17.7 Å². The standard InChI is InChI=1S/C12H24N2O3/c1-5-13-7-9(4)11(15)14-10(12(16)17)6-8(2)3/h8-10,13H,5-7H2,1-4H3,(H,14,15)(H,16,17)/t9?,10-/m0/s1. The van der Waals surface area contributed by atoms with Gasteiger partial charge in [0.2, 0.25) is 5.91 Å². The number of carbonyl (C=O) groups is 2. The Morgan fingerprint density at radius 2 is 1.82 bits per heavy atom. The van der Waals surface area contributed by atoms with E-state index in [9.17, 15) is 9.59 Å². The van der Waals surface area contributed by atoms with Gasteiger partial charge in [0.1, 0.15) is 6.04 Å². The van der Waals surface area contributed by atoms with Crippen molar-refractivity contribution in [3.63, 3.8) is 0 Å². The minimum Gasteiger partial charge on any atom is -0.480 e. The summed E-state index contributed by atoms with van der Waals surface area (Å²) in [4.78, 5) is 22.7. The summed E-state index contributed by atoms with van der Waals surface area (Å²) in [7, 11) is 0. The first kappa shape index (κ1) is 15.9. The average molecular weight is 244 g/mol. The number of carboxylic acid groups (broad SMARTS) is 1. The van der Waals surface area contributed by atoms with E-state index in [1.807, 2.05) is 20.8 Å². The van der Waals surface area contributed by atoms with Crippen LogP contribution in [0.1, 0.15) is 34.1 Å². The highest BCUT2D eigenvalue weighted by Crippen LogP contribution is 2.06. The largest absolute Gasteiger partial charge is 0.480 e. The third-order valence-corrected chi connectivity index (χ3v) is 2.47. The van der Waals surface area contributed by atoms with Crippen LogP contribution in [0.15, 0.2) is 0 Å². The number of rotatable bonds is 8. The van der Waals surface area contributed by atoms with Gasteiger partial charge < -0.3 is 15.7 Å². The maximum atomic E-state index is 11.7. The van der Waals surface area contributed by atoms with Crippen molar-refractivity contribution < 1.29 is 14.7 Å². The van der Waals surface area contributed by atoms with Gasteiger partial charge in [-0.05, 0) is 18.9 Å². The van der Waals surface area contributed by atoms with Crippen molar-refractivity contribution in [1.82, 2.24) is 10.6 Å². The molecule has 5 heteroatoms. The zero-order valence-corrected chi connectivity index (χ0v) is 11.1. The molecule has 1 unspecified atom stereocenters. The molecule has 0 aliphatic rings. The molecule has 0 saturated heterocycles. The lowest BCUT2D eigenvalue weighted by molar-refractivity contribution is -0.142. The lowest BCUT2D eigenvalue weighted by Gasteiger charge is -2.19. The molecule has 0 rings (SSSR count). The van der Waals surface area contributed by atoms with Gasteiger partial charge in [-0.25, -0.2) is 4.79 Å². The Hall–Kier alpha value is -1.10. The van der Waals surface area contributed by atoms with Crippen LogP contribution in [0.2, 0.25) is 0 Å². The third kappa shape index (κ3) is 6.94. The average Bonchev–Trinajstić information content (AvgIpc) is 2.23. The second-order valence-electron chi connectivity index (χ2n) is 4.74. The maximum Gasteiger partial charge on any atom is 0.326 e. The normalized spacial score (nSPS) is 14.4. The minimum absolute atomic E-state index is 0.209. The van der Waals surface area contributed by atoms with E-state index >= 15 is 0 Å². The van der Waals surface area contributed by atoms with Gasteiger partial charge >= 0.3 is 5.97 Å². The van der Waals surface area contributed by atoms with Crippen LogP contribution in [-0.2, 0) is 9.59 Å². The fraction of sp³-hybridized carbons (Fsp3) is 0.833. The number of hydrogen-bond donors (Lipinski definition) is 3. The summed E-state index contributed by atoms with van der Waals surface area (Å²) in [6, 6.07) is -0.786. The smallest absolute Gasteiger partial charge is 0.326 e. The summed E-state index contributed by atoms with van der Waals surface area (Å²) in [5, 5.41) is 14.6. The van der Waals surface area contributed by atoms with Crippen molar-refractivity contribution in [3.8, 4) is 0 Å². The molecule has 1 amide bonds. The molecule has 100 valence electrons. The summed E-state index contributed by atoms with van der Waals surface area (Å²) in [5.41, 5.74) is 0. The number of nitrogens with one attached hydrogen (secondary N) is 2. The van der Waals surface area contributed by atoms with Crippen molar-refractivity contribution in [3.05, 3.63) is 0 Å². The minimum atomic E-state index is -0.970. The van der Waals surface area contributed by atoms with Crippen molar-refractivity contribution in [1.29, 1.82) is 0 Å². The molecule has 2 atom stereocenters. The first-order valence-corrected chi connectivity index (χ1v) is 6.12. The van der Waals surface area contributed by atoms with Gasteiger partial charge in [-0.1, -0.05) is 27.7 Å². The molecule has 17 heavy (non-hydrogen) atoms. The van der Waals surface area contributed by atoms with Gasteiger partial charge in [0, 0.05) is 12.5 Å². The Morgan fingerprint density at radius 1 is 1.24 bits per heavy atom. The van der Waals surface area contributed by atoms with Gasteiger partial charge in [0.25, 0.3) is 0 Å². The number of carboxylic acids is 1. The topological polar surface area (TPSA) is 78.4 Å². The highest BCUT2D eigenvalue weighted by atomic mass is 16.4. The Labute approximate surface area is 103 Å². The van der Waals surface area contributed by atoms with E-state index in [4.69, 9.17) is 5.11 Å². The molecule has 0 fully saturated rings. The molecule has 0 saturated carbocycles. The summed E-state index contributed by atoms with van der Waals surface area (Å²) < 4.78 is 0. The van der Waals surface area contributed by atoms with E-state index in [0.29, 0.717) is 13.0 Å². The van der Waals surface area contributed by atoms with Crippen LogP contribution in [0.5, 0.6) is 0 Å². The molecule has 0 heterocycles. The van der Waals surface area contributed by atoms with Gasteiger partial charge in [-0.15, -0.1) is 0 Å². The van der Waals surface area contributed by atoms with Gasteiger partial charge in [-0.3, -0.25) is 4.79 Å². The van der Waals surface area contributed by atoms with Crippen LogP contribution in [-0.4, -0.2) is 36.1 Å². The molecule has 0 aromatic heterocycles. The Morgan fingerprint density at radius 3 is 2.24 bits per heavy atom. The quantitative estimate of drug-likeness (QED) is 0.591. The predicted octanol–water partition coefficient (Wildman–Crippen LogP) is 0.847. The van der Waals surface area contributed by atoms with E-state index in [2.05, 4.69) is 10.6 Å². The van der Waals surface area contributed by atoms with Crippen LogP contribution in [0, 0.1) is 11.8 Å². The Kier molecular flexibility index (Phi) is 7.54. The zero-order valence-electron chi connectivity index (χ0n) is 11.1. The Bertz CT molecular complexity index is 254. The Balaban J connectivity index is 4.25. The van der Waals surface area contributed by atoms with Crippen molar-refractivity contribution in [2.45, 2.75) is 40.2 Å². The monoisotopic (exact) mass is 244 g/mol. The van der Waals surface area contributed by atoms with Crippen LogP contribution in [0.4, 0.5) is 0 Å². The fourth-order valence-corrected chi connectivity index (χ4v) is 1.46. The SMILES string of the molecule is CCNCC(C)C(=O)N[C@@H](CC(C)C)C(=O)O. The lowest BCUT2D eigenvalue weighted by atomic mass is 10.0. The molecule has 5 nitrogen and oxygen atoms in total. The molecule has 0 aromatic carbocycles. The third-order valence-electron chi connectivity index (χ3n) is 2.47. The van der Waals surface area contributed by atoms with E-state index < -0.39 is 12.0 Å². The van der Waals surface area contributed by atoms with E-state index in [0.717, 1.165) is 6.54 Å². The number of amides is 1. The zero-order chi connectivity index (χ0) is 13.4. The van der Waals surface area contributed by atoms with Crippen LogP contribution < -0.4 is 10.6 Å². The summed E-state index contributed by atoms with van der Waals surface area (Å²) >= 11 is 0. The highest BCUT2D eigenvalue weighted by molar-refractivity contribution is 5.84.